The number of carbonyl (C=O) groups is 3. The maximum atomic E-state index is 12.8. The van der Waals surface area contributed by atoms with Crippen LogP contribution in [0.15, 0.2) is 54.6 Å². The van der Waals surface area contributed by atoms with Crippen LogP contribution in [-0.4, -0.2) is 17.7 Å². The van der Waals surface area contributed by atoms with Crippen molar-refractivity contribution < 1.29 is 14.4 Å². The van der Waals surface area contributed by atoms with E-state index >= 15 is 0 Å². The fourth-order valence-electron chi connectivity index (χ4n) is 3.35. The summed E-state index contributed by atoms with van der Waals surface area (Å²) in [7, 11) is 0. The summed E-state index contributed by atoms with van der Waals surface area (Å²) in [6.07, 6.45) is 0.104. The van der Waals surface area contributed by atoms with Crippen molar-refractivity contribution in [1.82, 2.24) is 5.32 Å². The molecule has 0 saturated carbocycles. The molecule has 2 atom stereocenters. The maximum Gasteiger partial charge on any atom is 0.252 e. The minimum atomic E-state index is -0.560. The van der Waals surface area contributed by atoms with E-state index in [1.165, 1.54) is 4.90 Å². The van der Waals surface area contributed by atoms with E-state index in [0.717, 1.165) is 5.56 Å². The maximum absolute atomic E-state index is 12.8. The summed E-state index contributed by atoms with van der Waals surface area (Å²) < 4.78 is 0. The number of anilines is 1. The second kappa shape index (κ2) is 5.05. The fourth-order valence-corrected chi connectivity index (χ4v) is 3.35. The molecule has 2 aromatic rings. The topological polar surface area (TPSA) is 66.5 Å². The van der Waals surface area contributed by atoms with Crippen molar-refractivity contribution >= 4 is 23.4 Å². The highest BCUT2D eigenvalue weighted by Crippen LogP contribution is 2.38. The summed E-state index contributed by atoms with van der Waals surface area (Å²) in [6.45, 7) is 0. The molecule has 2 heterocycles. The fraction of sp³-hybridized carbons (Fsp3) is 0.167. The van der Waals surface area contributed by atoms with Gasteiger partial charge in [0, 0.05) is 12.0 Å². The number of hydrogen-bond acceptors (Lipinski definition) is 3. The Labute approximate surface area is 132 Å². The van der Waals surface area contributed by atoms with E-state index in [9.17, 15) is 14.4 Å². The van der Waals surface area contributed by atoms with Gasteiger partial charge >= 0.3 is 0 Å². The first-order valence-electron chi connectivity index (χ1n) is 7.48. The van der Waals surface area contributed by atoms with E-state index in [2.05, 4.69) is 5.32 Å². The number of imide groups is 1. The highest BCUT2D eigenvalue weighted by Gasteiger charge is 2.47. The molecule has 0 aromatic heterocycles. The number of hydrogen-bond donors (Lipinski definition) is 1. The number of rotatable bonds is 2. The Morgan fingerprint density at radius 1 is 0.913 bits per heavy atom. The van der Waals surface area contributed by atoms with Crippen LogP contribution in [0.1, 0.15) is 28.4 Å². The van der Waals surface area contributed by atoms with Gasteiger partial charge in [-0.25, -0.2) is 0 Å². The Morgan fingerprint density at radius 2 is 1.61 bits per heavy atom. The van der Waals surface area contributed by atoms with Crippen LogP contribution >= 0.6 is 0 Å². The predicted molar refractivity (Wildman–Crippen MR) is 83.7 cm³/mol. The van der Waals surface area contributed by atoms with Gasteiger partial charge in [0.15, 0.2) is 0 Å². The molecule has 23 heavy (non-hydrogen) atoms. The van der Waals surface area contributed by atoms with Crippen molar-refractivity contribution in [3.8, 4) is 0 Å². The van der Waals surface area contributed by atoms with Crippen molar-refractivity contribution in [3.05, 3.63) is 65.7 Å². The summed E-state index contributed by atoms with van der Waals surface area (Å²) >= 11 is 0. The number of benzene rings is 2. The highest BCUT2D eigenvalue weighted by molar-refractivity contribution is 6.21. The van der Waals surface area contributed by atoms with E-state index in [-0.39, 0.29) is 24.1 Å². The van der Waals surface area contributed by atoms with Crippen LogP contribution in [0.25, 0.3) is 0 Å². The van der Waals surface area contributed by atoms with Crippen molar-refractivity contribution in [2.24, 2.45) is 5.92 Å². The third kappa shape index (κ3) is 2.04. The van der Waals surface area contributed by atoms with Gasteiger partial charge in [0.2, 0.25) is 11.8 Å². The van der Waals surface area contributed by atoms with Crippen LogP contribution in [0.2, 0.25) is 0 Å². The van der Waals surface area contributed by atoms with Gasteiger partial charge in [0.05, 0.1) is 17.6 Å². The largest absolute Gasteiger partial charge is 0.344 e. The molecule has 2 aromatic carbocycles. The normalized spacial score (nSPS) is 23.1. The lowest BCUT2D eigenvalue weighted by Crippen LogP contribution is -2.34. The highest BCUT2D eigenvalue weighted by atomic mass is 16.2. The van der Waals surface area contributed by atoms with E-state index in [4.69, 9.17) is 0 Å². The lowest BCUT2D eigenvalue weighted by Gasteiger charge is -2.19. The van der Waals surface area contributed by atoms with E-state index < -0.39 is 12.0 Å². The molecule has 2 aliphatic heterocycles. The SMILES string of the molecule is O=C1NC(C2CC(=O)N(c3ccccc3)C2=O)c2ccccc21. The quantitative estimate of drug-likeness (QED) is 0.864. The minimum Gasteiger partial charge on any atom is -0.344 e. The molecule has 0 spiro atoms. The predicted octanol–water partition coefficient (Wildman–Crippen LogP) is 2.05. The standard InChI is InChI=1S/C18H14N2O3/c21-15-10-14(18(23)20(15)11-6-2-1-3-7-11)16-12-8-4-5-9-13(12)17(22)19-16/h1-9,14,16H,10H2,(H,19,22). The zero-order chi connectivity index (χ0) is 16.0. The van der Waals surface area contributed by atoms with Crippen molar-refractivity contribution in [2.45, 2.75) is 12.5 Å². The van der Waals surface area contributed by atoms with Gasteiger partial charge in [0.25, 0.3) is 5.91 Å². The first-order valence-corrected chi connectivity index (χ1v) is 7.48. The Balaban J connectivity index is 1.69. The first-order chi connectivity index (χ1) is 11.2. The molecule has 2 aliphatic rings. The van der Waals surface area contributed by atoms with E-state index in [1.807, 2.05) is 18.2 Å². The molecule has 1 saturated heterocycles. The number of nitrogens with zero attached hydrogens (tertiary/aromatic N) is 1. The van der Waals surface area contributed by atoms with Gasteiger partial charge in [-0.3, -0.25) is 19.3 Å². The van der Waals surface area contributed by atoms with Gasteiger partial charge in [0.1, 0.15) is 0 Å². The van der Waals surface area contributed by atoms with Gasteiger partial charge in [-0.05, 0) is 23.8 Å². The smallest absolute Gasteiger partial charge is 0.252 e. The average molecular weight is 306 g/mol. The number of fused-ring (bicyclic) bond motifs is 1. The molecule has 0 radical (unpaired) electrons. The van der Waals surface area contributed by atoms with E-state index in [0.29, 0.717) is 11.3 Å². The number of amides is 3. The molecule has 4 rings (SSSR count). The van der Waals surface area contributed by atoms with Gasteiger partial charge < -0.3 is 5.32 Å². The van der Waals surface area contributed by atoms with Crippen LogP contribution in [0, 0.1) is 5.92 Å². The second-order valence-electron chi connectivity index (χ2n) is 5.75. The molecular weight excluding hydrogens is 292 g/mol. The molecule has 5 nitrogen and oxygen atoms in total. The molecule has 2 unspecified atom stereocenters. The Hall–Kier alpha value is -2.95. The zero-order valence-electron chi connectivity index (χ0n) is 12.2. The van der Waals surface area contributed by atoms with Crippen LogP contribution < -0.4 is 10.2 Å². The Morgan fingerprint density at radius 3 is 2.39 bits per heavy atom. The minimum absolute atomic E-state index is 0.104. The van der Waals surface area contributed by atoms with Gasteiger partial charge in [-0.15, -0.1) is 0 Å². The van der Waals surface area contributed by atoms with Crippen LogP contribution in [0.5, 0.6) is 0 Å². The molecule has 5 heteroatoms. The molecule has 114 valence electrons. The first kappa shape index (κ1) is 13.7. The van der Waals surface area contributed by atoms with Crippen molar-refractivity contribution in [2.75, 3.05) is 4.90 Å². The molecule has 0 bridgehead atoms. The Kier molecular flexibility index (Phi) is 3.01. The van der Waals surface area contributed by atoms with Crippen LogP contribution in [0.4, 0.5) is 5.69 Å². The number of nitrogens with one attached hydrogen (secondary N) is 1. The zero-order valence-corrected chi connectivity index (χ0v) is 12.2. The van der Waals surface area contributed by atoms with Gasteiger partial charge in [-0.1, -0.05) is 36.4 Å². The van der Waals surface area contributed by atoms with Crippen LogP contribution in [0.3, 0.4) is 0 Å². The summed E-state index contributed by atoms with van der Waals surface area (Å²) in [5.74, 6) is -1.24. The summed E-state index contributed by atoms with van der Waals surface area (Å²) in [4.78, 5) is 38.4. The molecule has 1 N–H and O–H groups in total. The Bertz CT molecular complexity index is 816. The number of para-hydroxylation sites is 1. The van der Waals surface area contributed by atoms with Crippen molar-refractivity contribution in [1.29, 1.82) is 0 Å². The lowest BCUT2D eigenvalue weighted by molar-refractivity contribution is -0.122. The summed E-state index contributed by atoms with van der Waals surface area (Å²) in [6, 6.07) is 15.6. The second-order valence-corrected chi connectivity index (χ2v) is 5.75. The van der Waals surface area contributed by atoms with Gasteiger partial charge in [-0.2, -0.15) is 0 Å². The lowest BCUT2D eigenvalue weighted by atomic mass is 9.92. The molecule has 1 fully saturated rings. The summed E-state index contributed by atoms with van der Waals surface area (Å²) in [5.41, 5.74) is 1.94. The molecule has 0 aliphatic carbocycles. The van der Waals surface area contributed by atoms with Crippen LogP contribution in [-0.2, 0) is 9.59 Å². The van der Waals surface area contributed by atoms with E-state index in [1.54, 1.807) is 36.4 Å². The molecular formula is C18H14N2O3. The summed E-state index contributed by atoms with van der Waals surface area (Å²) in [5, 5.41) is 2.85. The average Bonchev–Trinajstić information content (AvgIpc) is 3.06. The third-order valence-electron chi connectivity index (χ3n) is 4.43. The van der Waals surface area contributed by atoms with Crippen molar-refractivity contribution in [3.63, 3.8) is 0 Å². The monoisotopic (exact) mass is 306 g/mol. The number of carbonyl (C=O) groups excluding carboxylic acids is 3. The third-order valence-corrected chi connectivity index (χ3v) is 4.43. The molecule has 3 amide bonds.